The Morgan fingerprint density at radius 1 is 1.25 bits per heavy atom. The predicted octanol–water partition coefficient (Wildman–Crippen LogP) is 2.17. The van der Waals surface area contributed by atoms with Gasteiger partial charge in [-0.1, -0.05) is 29.8 Å². The fourth-order valence-corrected chi connectivity index (χ4v) is 1.82. The second-order valence-electron chi connectivity index (χ2n) is 4.89. The molecule has 0 spiro atoms. The van der Waals surface area contributed by atoms with E-state index in [1.54, 1.807) is 19.2 Å². The number of aliphatic hydroxyl groups excluding tert-OH is 1. The lowest BCUT2D eigenvalue weighted by molar-refractivity contribution is 0.0922. The Balaban J connectivity index is 2.23. The fourth-order valence-electron chi connectivity index (χ4n) is 1.82. The van der Waals surface area contributed by atoms with Crippen molar-refractivity contribution in [3.63, 3.8) is 0 Å². The number of hydrogen-bond donors (Lipinski definition) is 2. The highest BCUT2D eigenvalue weighted by atomic mass is 16.3. The van der Waals surface area contributed by atoms with Gasteiger partial charge in [0.2, 0.25) is 0 Å². The Bertz CT molecular complexity index is 594. The Morgan fingerprint density at radius 2 is 1.95 bits per heavy atom. The Labute approximate surface area is 118 Å². The van der Waals surface area contributed by atoms with Crippen molar-refractivity contribution >= 4 is 5.91 Å². The minimum absolute atomic E-state index is 0.0865. The van der Waals surface area contributed by atoms with E-state index in [9.17, 15) is 4.79 Å². The van der Waals surface area contributed by atoms with E-state index in [-0.39, 0.29) is 18.6 Å². The zero-order valence-corrected chi connectivity index (χ0v) is 11.6. The summed E-state index contributed by atoms with van der Waals surface area (Å²) in [5, 5.41) is 11.7. The van der Waals surface area contributed by atoms with Crippen LogP contribution in [-0.4, -0.2) is 28.6 Å². The summed E-state index contributed by atoms with van der Waals surface area (Å²) in [5.41, 5.74) is 3.60. The van der Waals surface area contributed by atoms with Crippen molar-refractivity contribution in [3.8, 4) is 11.1 Å². The SMILES string of the molecule is Cc1ccc(-c2cncc(C(=O)NC(C)CO)c2)cc1. The maximum Gasteiger partial charge on any atom is 0.253 e. The first-order valence-electron chi connectivity index (χ1n) is 6.54. The number of benzene rings is 1. The molecule has 4 heteroatoms. The van der Waals surface area contributed by atoms with Crippen LogP contribution in [0.2, 0.25) is 0 Å². The number of hydrogen-bond acceptors (Lipinski definition) is 3. The van der Waals surface area contributed by atoms with E-state index >= 15 is 0 Å². The van der Waals surface area contributed by atoms with Crippen LogP contribution in [0, 0.1) is 6.92 Å². The summed E-state index contributed by atoms with van der Waals surface area (Å²) in [7, 11) is 0. The van der Waals surface area contributed by atoms with E-state index in [0.717, 1.165) is 11.1 Å². The zero-order chi connectivity index (χ0) is 14.5. The molecule has 0 fully saturated rings. The van der Waals surface area contributed by atoms with Crippen LogP contribution in [0.5, 0.6) is 0 Å². The zero-order valence-electron chi connectivity index (χ0n) is 11.6. The lowest BCUT2D eigenvalue weighted by atomic mass is 10.0. The highest BCUT2D eigenvalue weighted by molar-refractivity contribution is 5.95. The normalized spacial score (nSPS) is 11.9. The van der Waals surface area contributed by atoms with Crippen molar-refractivity contribution in [3.05, 3.63) is 53.9 Å². The van der Waals surface area contributed by atoms with Crippen LogP contribution in [0.1, 0.15) is 22.8 Å². The first-order chi connectivity index (χ1) is 9.60. The number of carbonyl (C=O) groups excluding carboxylic acids is 1. The van der Waals surface area contributed by atoms with Crippen LogP contribution in [0.3, 0.4) is 0 Å². The molecule has 0 saturated heterocycles. The van der Waals surface area contributed by atoms with Crippen molar-refractivity contribution in [1.82, 2.24) is 10.3 Å². The molecule has 2 aromatic rings. The Morgan fingerprint density at radius 3 is 2.60 bits per heavy atom. The van der Waals surface area contributed by atoms with Gasteiger partial charge in [0.25, 0.3) is 5.91 Å². The van der Waals surface area contributed by atoms with E-state index in [2.05, 4.69) is 10.3 Å². The van der Waals surface area contributed by atoms with E-state index in [4.69, 9.17) is 5.11 Å². The summed E-state index contributed by atoms with van der Waals surface area (Å²) in [4.78, 5) is 16.1. The van der Waals surface area contributed by atoms with E-state index in [0.29, 0.717) is 5.56 Å². The molecule has 0 aliphatic carbocycles. The average molecular weight is 270 g/mol. The van der Waals surface area contributed by atoms with Crippen LogP contribution in [0.25, 0.3) is 11.1 Å². The van der Waals surface area contributed by atoms with Crippen LogP contribution >= 0.6 is 0 Å². The first-order valence-corrected chi connectivity index (χ1v) is 6.54. The van der Waals surface area contributed by atoms with Crippen LogP contribution < -0.4 is 5.32 Å². The Kier molecular flexibility index (Phi) is 4.48. The summed E-state index contributed by atoms with van der Waals surface area (Å²) in [6.45, 7) is 3.69. The molecule has 0 aliphatic rings. The number of carbonyl (C=O) groups is 1. The number of pyridine rings is 1. The molecule has 2 N–H and O–H groups in total. The summed E-state index contributed by atoms with van der Waals surface area (Å²) in [5.74, 6) is -0.229. The number of aryl methyl sites for hydroxylation is 1. The predicted molar refractivity (Wildman–Crippen MR) is 78.4 cm³/mol. The van der Waals surface area contributed by atoms with Crippen molar-refractivity contribution in [2.24, 2.45) is 0 Å². The summed E-state index contributed by atoms with van der Waals surface area (Å²) < 4.78 is 0. The molecule has 2 rings (SSSR count). The molecule has 1 aromatic heterocycles. The van der Waals surface area contributed by atoms with Gasteiger partial charge in [0, 0.05) is 24.0 Å². The summed E-state index contributed by atoms with van der Waals surface area (Å²) in [6.07, 6.45) is 3.26. The molecule has 1 heterocycles. The molecule has 1 amide bonds. The van der Waals surface area contributed by atoms with Gasteiger partial charge in [0.1, 0.15) is 0 Å². The summed E-state index contributed by atoms with van der Waals surface area (Å²) in [6, 6.07) is 9.59. The molecule has 1 unspecified atom stereocenters. The molecule has 1 atom stereocenters. The third kappa shape index (κ3) is 3.42. The second-order valence-corrected chi connectivity index (χ2v) is 4.89. The number of rotatable bonds is 4. The van der Waals surface area contributed by atoms with Crippen LogP contribution in [0.4, 0.5) is 0 Å². The molecule has 0 aliphatic heterocycles. The van der Waals surface area contributed by atoms with Gasteiger partial charge in [-0.05, 0) is 25.5 Å². The monoisotopic (exact) mass is 270 g/mol. The quantitative estimate of drug-likeness (QED) is 0.895. The van der Waals surface area contributed by atoms with Gasteiger partial charge in [0.15, 0.2) is 0 Å². The van der Waals surface area contributed by atoms with Gasteiger partial charge in [0.05, 0.1) is 12.2 Å². The van der Waals surface area contributed by atoms with Crippen LogP contribution in [0.15, 0.2) is 42.7 Å². The van der Waals surface area contributed by atoms with E-state index in [1.807, 2.05) is 31.2 Å². The largest absolute Gasteiger partial charge is 0.394 e. The molecule has 0 bridgehead atoms. The van der Waals surface area contributed by atoms with Gasteiger partial charge < -0.3 is 10.4 Å². The van der Waals surface area contributed by atoms with E-state index < -0.39 is 0 Å². The number of nitrogens with one attached hydrogen (secondary N) is 1. The first kappa shape index (κ1) is 14.2. The topological polar surface area (TPSA) is 62.2 Å². The van der Waals surface area contributed by atoms with Crippen molar-refractivity contribution < 1.29 is 9.90 Å². The van der Waals surface area contributed by atoms with Crippen LogP contribution in [-0.2, 0) is 0 Å². The smallest absolute Gasteiger partial charge is 0.253 e. The number of nitrogens with zero attached hydrogens (tertiary/aromatic N) is 1. The molecular weight excluding hydrogens is 252 g/mol. The lowest BCUT2D eigenvalue weighted by Crippen LogP contribution is -2.35. The highest BCUT2D eigenvalue weighted by Crippen LogP contribution is 2.19. The van der Waals surface area contributed by atoms with E-state index in [1.165, 1.54) is 11.8 Å². The highest BCUT2D eigenvalue weighted by Gasteiger charge is 2.10. The van der Waals surface area contributed by atoms with Gasteiger partial charge in [-0.3, -0.25) is 9.78 Å². The molecule has 0 saturated carbocycles. The molecule has 1 aromatic carbocycles. The fraction of sp³-hybridized carbons (Fsp3) is 0.250. The van der Waals surface area contributed by atoms with Gasteiger partial charge >= 0.3 is 0 Å². The number of amides is 1. The Hall–Kier alpha value is -2.20. The minimum atomic E-state index is -0.273. The van der Waals surface area contributed by atoms with Crippen molar-refractivity contribution in [2.75, 3.05) is 6.61 Å². The van der Waals surface area contributed by atoms with Gasteiger partial charge in [-0.15, -0.1) is 0 Å². The molecule has 20 heavy (non-hydrogen) atoms. The average Bonchev–Trinajstić information content (AvgIpc) is 2.48. The molecule has 0 radical (unpaired) electrons. The van der Waals surface area contributed by atoms with Gasteiger partial charge in [-0.25, -0.2) is 0 Å². The third-order valence-electron chi connectivity index (χ3n) is 3.04. The minimum Gasteiger partial charge on any atom is -0.394 e. The number of aromatic nitrogens is 1. The molecular formula is C16H18N2O2. The maximum absolute atomic E-state index is 12.0. The maximum atomic E-state index is 12.0. The third-order valence-corrected chi connectivity index (χ3v) is 3.04. The molecule has 4 nitrogen and oxygen atoms in total. The van der Waals surface area contributed by atoms with Gasteiger partial charge in [-0.2, -0.15) is 0 Å². The number of aliphatic hydroxyl groups is 1. The second kappa shape index (κ2) is 6.30. The summed E-state index contributed by atoms with van der Waals surface area (Å²) >= 11 is 0. The van der Waals surface area contributed by atoms with Crippen molar-refractivity contribution in [2.45, 2.75) is 19.9 Å². The standard InChI is InChI=1S/C16H18N2O2/c1-11-3-5-13(6-4-11)14-7-15(9-17-8-14)16(20)18-12(2)10-19/h3-9,12,19H,10H2,1-2H3,(H,18,20). The molecule has 104 valence electrons. The lowest BCUT2D eigenvalue weighted by Gasteiger charge is -2.11. The van der Waals surface area contributed by atoms with Crippen molar-refractivity contribution in [1.29, 1.82) is 0 Å².